The molecule has 0 aliphatic heterocycles. The lowest BCUT2D eigenvalue weighted by molar-refractivity contribution is -0.125. The summed E-state index contributed by atoms with van der Waals surface area (Å²) in [7, 11) is 0. The summed E-state index contributed by atoms with van der Waals surface area (Å²) in [5.41, 5.74) is 1.20. The highest BCUT2D eigenvalue weighted by Crippen LogP contribution is 2.14. The Labute approximate surface area is 120 Å². The van der Waals surface area contributed by atoms with Gasteiger partial charge in [-0.15, -0.1) is 0 Å². The van der Waals surface area contributed by atoms with E-state index in [-0.39, 0.29) is 17.4 Å². The van der Waals surface area contributed by atoms with E-state index in [0.717, 1.165) is 12.0 Å². The Morgan fingerprint density at radius 3 is 2.60 bits per heavy atom. The zero-order chi connectivity index (χ0) is 15.1. The van der Waals surface area contributed by atoms with Crippen LogP contribution in [-0.2, 0) is 11.2 Å². The molecule has 0 spiro atoms. The van der Waals surface area contributed by atoms with E-state index < -0.39 is 5.97 Å². The Kier molecular flexibility index (Phi) is 6.22. The first-order valence-corrected chi connectivity index (χ1v) is 7.05. The highest BCUT2D eigenvalue weighted by atomic mass is 16.4. The van der Waals surface area contributed by atoms with Crippen LogP contribution in [-0.4, -0.2) is 23.5 Å². The molecular weight excluding hydrogens is 254 g/mol. The van der Waals surface area contributed by atoms with Crippen LogP contribution in [0.15, 0.2) is 24.3 Å². The number of amides is 1. The van der Waals surface area contributed by atoms with E-state index in [9.17, 15) is 9.59 Å². The maximum atomic E-state index is 11.9. The molecule has 1 amide bonds. The Morgan fingerprint density at radius 2 is 2.00 bits per heavy atom. The lowest BCUT2D eigenvalue weighted by Crippen LogP contribution is -2.33. The summed E-state index contributed by atoms with van der Waals surface area (Å²) in [5, 5.41) is 11.8. The molecule has 0 fully saturated rings. The van der Waals surface area contributed by atoms with E-state index in [1.165, 1.54) is 0 Å². The summed E-state index contributed by atoms with van der Waals surface area (Å²) >= 11 is 0. The Morgan fingerprint density at radius 1 is 1.30 bits per heavy atom. The topological polar surface area (TPSA) is 66.4 Å². The van der Waals surface area contributed by atoms with Crippen LogP contribution in [0.1, 0.15) is 43.1 Å². The molecular formula is C16H23NO3. The van der Waals surface area contributed by atoms with Crippen molar-refractivity contribution >= 4 is 11.9 Å². The number of carbonyl (C=O) groups is 2. The van der Waals surface area contributed by atoms with Gasteiger partial charge in [0, 0.05) is 12.5 Å². The van der Waals surface area contributed by atoms with Gasteiger partial charge in [-0.3, -0.25) is 4.79 Å². The summed E-state index contributed by atoms with van der Waals surface area (Å²) in [6.07, 6.45) is 1.62. The molecule has 0 saturated heterocycles. The van der Waals surface area contributed by atoms with Crippen LogP contribution in [0, 0.1) is 11.8 Å². The van der Waals surface area contributed by atoms with Crippen LogP contribution in [0.2, 0.25) is 0 Å². The molecule has 0 saturated carbocycles. The Balaban J connectivity index is 2.46. The van der Waals surface area contributed by atoms with Gasteiger partial charge in [-0.1, -0.05) is 39.3 Å². The molecule has 2 atom stereocenters. The number of carboxylic acid groups (broad SMARTS) is 1. The van der Waals surface area contributed by atoms with Crippen molar-refractivity contribution in [1.29, 1.82) is 0 Å². The summed E-state index contributed by atoms with van der Waals surface area (Å²) < 4.78 is 0. The van der Waals surface area contributed by atoms with Crippen LogP contribution < -0.4 is 5.32 Å². The van der Waals surface area contributed by atoms with Crippen molar-refractivity contribution in [2.45, 2.75) is 33.6 Å². The minimum Gasteiger partial charge on any atom is -0.478 e. The number of rotatable bonds is 7. The maximum Gasteiger partial charge on any atom is 0.335 e. The molecule has 2 N–H and O–H groups in total. The molecule has 0 bridgehead atoms. The molecule has 0 aliphatic rings. The van der Waals surface area contributed by atoms with Crippen molar-refractivity contribution in [3.05, 3.63) is 35.4 Å². The zero-order valence-corrected chi connectivity index (χ0v) is 12.3. The summed E-state index contributed by atoms with van der Waals surface area (Å²) in [6, 6.07) is 6.81. The normalized spacial score (nSPS) is 13.6. The van der Waals surface area contributed by atoms with Crippen molar-refractivity contribution in [2.24, 2.45) is 11.8 Å². The maximum absolute atomic E-state index is 11.9. The third-order valence-electron chi connectivity index (χ3n) is 3.80. The van der Waals surface area contributed by atoms with Gasteiger partial charge < -0.3 is 10.4 Å². The van der Waals surface area contributed by atoms with Crippen LogP contribution >= 0.6 is 0 Å². The highest BCUT2D eigenvalue weighted by Gasteiger charge is 2.17. The van der Waals surface area contributed by atoms with Gasteiger partial charge in [0.1, 0.15) is 0 Å². The molecule has 1 rings (SSSR count). The summed E-state index contributed by atoms with van der Waals surface area (Å²) in [4.78, 5) is 22.8. The van der Waals surface area contributed by atoms with Crippen molar-refractivity contribution in [1.82, 2.24) is 5.32 Å². The molecule has 0 radical (unpaired) electrons. The van der Waals surface area contributed by atoms with Crippen molar-refractivity contribution in [2.75, 3.05) is 6.54 Å². The van der Waals surface area contributed by atoms with Crippen molar-refractivity contribution in [3.8, 4) is 0 Å². The van der Waals surface area contributed by atoms with Crippen molar-refractivity contribution < 1.29 is 14.7 Å². The second-order valence-corrected chi connectivity index (χ2v) is 5.22. The van der Waals surface area contributed by atoms with Crippen LogP contribution in [0.25, 0.3) is 0 Å². The average Bonchev–Trinajstić information content (AvgIpc) is 2.45. The molecule has 4 heteroatoms. The number of aromatic carboxylic acids is 1. The zero-order valence-electron chi connectivity index (χ0n) is 12.3. The van der Waals surface area contributed by atoms with Gasteiger partial charge in [0.05, 0.1) is 5.56 Å². The van der Waals surface area contributed by atoms with Crippen molar-refractivity contribution in [3.63, 3.8) is 0 Å². The van der Waals surface area contributed by atoms with Crippen LogP contribution in [0.3, 0.4) is 0 Å². The van der Waals surface area contributed by atoms with E-state index >= 15 is 0 Å². The fourth-order valence-electron chi connectivity index (χ4n) is 1.96. The first-order valence-electron chi connectivity index (χ1n) is 7.05. The number of hydrogen-bond donors (Lipinski definition) is 2. The van der Waals surface area contributed by atoms with Gasteiger partial charge in [0.15, 0.2) is 0 Å². The van der Waals surface area contributed by atoms with E-state index in [1.807, 2.05) is 13.0 Å². The second-order valence-electron chi connectivity index (χ2n) is 5.22. The van der Waals surface area contributed by atoms with E-state index in [2.05, 4.69) is 19.2 Å². The standard InChI is InChI=1S/C16H23NO3/c1-4-11(2)12(3)15(18)17-9-8-13-6-5-7-14(10-13)16(19)20/h5-7,10-12H,4,8-9H2,1-3H3,(H,17,18)(H,19,20). The van der Waals surface area contributed by atoms with Gasteiger partial charge in [0.25, 0.3) is 0 Å². The molecule has 0 aliphatic carbocycles. The first kappa shape index (κ1) is 16.2. The predicted molar refractivity (Wildman–Crippen MR) is 78.7 cm³/mol. The van der Waals surface area contributed by atoms with Gasteiger partial charge in [-0.2, -0.15) is 0 Å². The minimum absolute atomic E-state index is 0.00496. The highest BCUT2D eigenvalue weighted by molar-refractivity contribution is 5.87. The van der Waals surface area contributed by atoms with Crippen LogP contribution in [0.4, 0.5) is 0 Å². The number of carbonyl (C=O) groups excluding carboxylic acids is 1. The molecule has 0 aromatic heterocycles. The quantitative estimate of drug-likeness (QED) is 0.805. The molecule has 110 valence electrons. The number of nitrogens with one attached hydrogen (secondary N) is 1. The Bertz CT molecular complexity index is 471. The third kappa shape index (κ3) is 4.68. The number of carboxylic acids is 1. The lowest BCUT2D eigenvalue weighted by atomic mass is 9.93. The number of hydrogen-bond acceptors (Lipinski definition) is 2. The third-order valence-corrected chi connectivity index (χ3v) is 3.80. The van der Waals surface area contributed by atoms with Gasteiger partial charge in [-0.05, 0) is 30.0 Å². The largest absolute Gasteiger partial charge is 0.478 e. The second kappa shape index (κ2) is 7.68. The number of benzene rings is 1. The molecule has 20 heavy (non-hydrogen) atoms. The van der Waals surface area contributed by atoms with E-state index in [4.69, 9.17) is 5.11 Å². The minimum atomic E-state index is -0.929. The van der Waals surface area contributed by atoms with E-state index in [1.54, 1.807) is 18.2 Å². The Hall–Kier alpha value is -1.84. The smallest absolute Gasteiger partial charge is 0.335 e. The molecule has 2 unspecified atom stereocenters. The van der Waals surface area contributed by atoms with Gasteiger partial charge in [-0.25, -0.2) is 4.79 Å². The first-order chi connectivity index (χ1) is 9.45. The van der Waals surface area contributed by atoms with E-state index in [0.29, 0.717) is 18.9 Å². The molecule has 4 nitrogen and oxygen atoms in total. The monoisotopic (exact) mass is 277 g/mol. The molecule has 1 aromatic rings. The summed E-state index contributed by atoms with van der Waals surface area (Å²) in [6.45, 7) is 6.61. The molecule has 1 aromatic carbocycles. The lowest BCUT2D eigenvalue weighted by Gasteiger charge is -2.17. The fourth-order valence-corrected chi connectivity index (χ4v) is 1.96. The average molecular weight is 277 g/mol. The van der Waals surface area contributed by atoms with Gasteiger partial charge >= 0.3 is 5.97 Å². The predicted octanol–water partition coefficient (Wildman–Crippen LogP) is 2.73. The summed E-state index contributed by atoms with van der Waals surface area (Å²) in [5.74, 6) is -0.495. The SMILES string of the molecule is CCC(C)C(C)C(=O)NCCc1cccc(C(=O)O)c1. The van der Waals surface area contributed by atoms with Gasteiger partial charge in [0.2, 0.25) is 5.91 Å². The van der Waals surface area contributed by atoms with Crippen LogP contribution in [0.5, 0.6) is 0 Å². The molecule has 0 heterocycles. The fraction of sp³-hybridized carbons (Fsp3) is 0.500.